The monoisotopic (exact) mass is 217 g/mol. The summed E-state index contributed by atoms with van der Waals surface area (Å²) in [6.07, 6.45) is 4.24. The number of hydrogen-bond acceptors (Lipinski definition) is 3. The SMILES string of the molecule is CC(=O)[O-].COCC[N+]1(C)CCCCC1. The van der Waals surface area contributed by atoms with E-state index in [1.54, 1.807) is 7.11 Å². The minimum Gasteiger partial charge on any atom is -0.550 e. The molecular weight excluding hydrogens is 194 g/mol. The molecule has 0 radical (unpaired) electrons. The average molecular weight is 217 g/mol. The Morgan fingerprint density at radius 1 is 1.33 bits per heavy atom. The van der Waals surface area contributed by atoms with Gasteiger partial charge in [-0.25, -0.2) is 0 Å². The maximum absolute atomic E-state index is 8.89. The second-order valence-corrected chi connectivity index (χ2v) is 4.34. The summed E-state index contributed by atoms with van der Waals surface area (Å²) in [5.41, 5.74) is 0. The molecule has 0 unspecified atom stereocenters. The Morgan fingerprint density at radius 2 is 1.80 bits per heavy atom. The van der Waals surface area contributed by atoms with Crippen molar-refractivity contribution in [1.29, 1.82) is 0 Å². The number of piperidine rings is 1. The molecule has 0 bridgehead atoms. The van der Waals surface area contributed by atoms with E-state index < -0.39 is 5.97 Å². The van der Waals surface area contributed by atoms with Crippen molar-refractivity contribution >= 4 is 5.97 Å². The van der Waals surface area contributed by atoms with Crippen LogP contribution in [0.2, 0.25) is 0 Å². The fourth-order valence-corrected chi connectivity index (χ4v) is 1.81. The molecule has 90 valence electrons. The first-order valence-electron chi connectivity index (χ1n) is 5.50. The smallest absolute Gasteiger partial charge is 0.102 e. The number of carboxylic acids is 1. The van der Waals surface area contributed by atoms with Crippen molar-refractivity contribution < 1.29 is 19.1 Å². The first-order valence-corrected chi connectivity index (χ1v) is 5.50. The lowest BCUT2D eigenvalue weighted by Crippen LogP contribution is -2.49. The maximum atomic E-state index is 8.89. The number of likely N-dealkylation sites (N-methyl/N-ethyl adjacent to an activating group) is 1. The summed E-state index contributed by atoms with van der Waals surface area (Å²) >= 11 is 0. The van der Waals surface area contributed by atoms with Crippen LogP contribution in [0.1, 0.15) is 26.2 Å². The number of likely N-dealkylation sites (tertiary alicyclic amines) is 1. The van der Waals surface area contributed by atoms with Gasteiger partial charge < -0.3 is 19.1 Å². The number of carboxylic acid groups (broad SMARTS) is 1. The van der Waals surface area contributed by atoms with Gasteiger partial charge in [0.05, 0.1) is 26.7 Å². The Balaban J connectivity index is 0.000000423. The van der Waals surface area contributed by atoms with E-state index in [0.29, 0.717) is 0 Å². The molecule has 0 aromatic heterocycles. The Hall–Kier alpha value is -0.610. The summed E-state index contributed by atoms with van der Waals surface area (Å²) in [6, 6.07) is 0. The van der Waals surface area contributed by atoms with Crippen molar-refractivity contribution in [2.24, 2.45) is 0 Å². The molecule has 4 heteroatoms. The molecule has 1 fully saturated rings. The number of rotatable bonds is 3. The molecular formula is C11H23NO3. The zero-order valence-corrected chi connectivity index (χ0v) is 10.1. The molecule has 15 heavy (non-hydrogen) atoms. The number of aliphatic carboxylic acids is 1. The minimum atomic E-state index is -1.08. The van der Waals surface area contributed by atoms with E-state index in [2.05, 4.69) is 7.05 Å². The first kappa shape index (κ1) is 14.4. The van der Waals surface area contributed by atoms with Gasteiger partial charge in [-0.15, -0.1) is 0 Å². The van der Waals surface area contributed by atoms with Crippen molar-refractivity contribution in [3.63, 3.8) is 0 Å². The largest absolute Gasteiger partial charge is 0.550 e. The average Bonchev–Trinajstić information content (AvgIpc) is 2.15. The second-order valence-electron chi connectivity index (χ2n) is 4.34. The molecule has 0 aromatic carbocycles. The van der Waals surface area contributed by atoms with Gasteiger partial charge in [-0.1, -0.05) is 0 Å². The molecule has 0 aliphatic carbocycles. The summed E-state index contributed by atoms with van der Waals surface area (Å²) < 4.78 is 6.32. The van der Waals surface area contributed by atoms with Crippen LogP contribution in [0.3, 0.4) is 0 Å². The van der Waals surface area contributed by atoms with E-state index in [0.717, 1.165) is 13.5 Å². The molecule has 1 aliphatic rings. The maximum Gasteiger partial charge on any atom is 0.102 e. The fourth-order valence-electron chi connectivity index (χ4n) is 1.81. The van der Waals surface area contributed by atoms with E-state index in [1.165, 1.54) is 43.4 Å². The first-order chi connectivity index (χ1) is 7.00. The van der Waals surface area contributed by atoms with Crippen molar-refractivity contribution in [3.05, 3.63) is 0 Å². The van der Waals surface area contributed by atoms with E-state index in [-0.39, 0.29) is 0 Å². The topological polar surface area (TPSA) is 49.4 Å². The highest BCUT2D eigenvalue weighted by Crippen LogP contribution is 2.15. The molecule has 4 nitrogen and oxygen atoms in total. The number of carbonyl (C=O) groups excluding carboxylic acids is 1. The highest BCUT2D eigenvalue weighted by Gasteiger charge is 2.23. The third kappa shape index (κ3) is 8.39. The van der Waals surface area contributed by atoms with Crippen LogP contribution in [-0.4, -0.2) is 50.9 Å². The van der Waals surface area contributed by atoms with Gasteiger partial charge in [0.15, 0.2) is 0 Å². The molecule has 0 atom stereocenters. The van der Waals surface area contributed by atoms with Gasteiger partial charge in [-0.2, -0.15) is 0 Å². The normalized spacial score (nSPS) is 18.9. The Bertz CT molecular complexity index is 173. The zero-order valence-electron chi connectivity index (χ0n) is 10.1. The van der Waals surface area contributed by atoms with Crippen LogP contribution in [0.4, 0.5) is 0 Å². The summed E-state index contributed by atoms with van der Waals surface area (Å²) in [5, 5.41) is 8.89. The molecule has 0 N–H and O–H groups in total. The molecule has 1 rings (SSSR count). The van der Waals surface area contributed by atoms with E-state index in [1.807, 2.05) is 0 Å². The van der Waals surface area contributed by atoms with Crippen LogP contribution < -0.4 is 5.11 Å². The highest BCUT2D eigenvalue weighted by molar-refractivity contribution is 5.60. The number of carbonyl (C=O) groups is 1. The number of quaternary nitrogens is 1. The number of nitrogens with zero attached hydrogens (tertiary/aromatic N) is 1. The lowest BCUT2D eigenvalue weighted by atomic mass is 10.1. The van der Waals surface area contributed by atoms with Gasteiger partial charge in [-0.05, 0) is 26.2 Å². The Kier molecular flexibility index (Phi) is 7.34. The predicted octanol–water partition coefficient (Wildman–Crippen LogP) is 0.0195. The van der Waals surface area contributed by atoms with Gasteiger partial charge in [0, 0.05) is 13.1 Å². The third-order valence-corrected chi connectivity index (χ3v) is 2.73. The summed E-state index contributed by atoms with van der Waals surface area (Å²) in [4.78, 5) is 8.89. The van der Waals surface area contributed by atoms with Crippen LogP contribution in [0, 0.1) is 0 Å². The van der Waals surface area contributed by atoms with Gasteiger partial charge in [-0.3, -0.25) is 0 Å². The lowest BCUT2D eigenvalue weighted by molar-refractivity contribution is -0.914. The van der Waals surface area contributed by atoms with Gasteiger partial charge >= 0.3 is 0 Å². The number of hydrogen-bond donors (Lipinski definition) is 0. The van der Waals surface area contributed by atoms with Crippen LogP contribution in [0.5, 0.6) is 0 Å². The molecule has 1 aliphatic heterocycles. The van der Waals surface area contributed by atoms with Crippen LogP contribution in [0.15, 0.2) is 0 Å². The quantitative estimate of drug-likeness (QED) is 0.626. The summed E-state index contributed by atoms with van der Waals surface area (Å²) in [7, 11) is 4.13. The molecule has 0 amide bonds. The lowest BCUT2D eigenvalue weighted by Gasteiger charge is -2.37. The van der Waals surface area contributed by atoms with E-state index in [9.17, 15) is 0 Å². The standard InChI is InChI=1S/C9H20NO.C2H4O2/c1-10(8-9-11-2)6-4-3-5-7-10;1-2(3)4/h3-9H2,1-2H3;1H3,(H,3,4)/q+1;/p-1. The molecule has 0 spiro atoms. The van der Waals surface area contributed by atoms with Crippen molar-refractivity contribution in [3.8, 4) is 0 Å². The Morgan fingerprint density at radius 3 is 2.20 bits per heavy atom. The zero-order chi connectivity index (χ0) is 11.7. The van der Waals surface area contributed by atoms with Crippen molar-refractivity contribution in [2.45, 2.75) is 26.2 Å². The molecule has 1 heterocycles. The van der Waals surface area contributed by atoms with Crippen LogP contribution in [-0.2, 0) is 9.53 Å². The summed E-state index contributed by atoms with van der Waals surface area (Å²) in [5.74, 6) is -1.08. The van der Waals surface area contributed by atoms with E-state index in [4.69, 9.17) is 14.6 Å². The van der Waals surface area contributed by atoms with Gasteiger partial charge in [0.1, 0.15) is 6.54 Å². The molecule has 1 saturated heterocycles. The van der Waals surface area contributed by atoms with Gasteiger partial charge in [0.2, 0.25) is 0 Å². The molecule has 0 saturated carbocycles. The van der Waals surface area contributed by atoms with Crippen molar-refractivity contribution in [1.82, 2.24) is 0 Å². The van der Waals surface area contributed by atoms with Crippen molar-refractivity contribution in [2.75, 3.05) is 40.4 Å². The minimum absolute atomic E-state index is 0.913. The van der Waals surface area contributed by atoms with E-state index >= 15 is 0 Å². The van der Waals surface area contributed by atoms with Crippen LogP contribution in [0.25, 0.3) is 0 Å². The van der Waals surface area contributed by atoms with Crippen LogP contribution >= 0.6 is 0 Å². The predicted molar refractivity (Wildman–Crippen MR) is 57.2 cm³/mol. The Labute approximate surface area is 92.4 Å². The fraction of sp³-hybridized carbons (Fsp3) is 0.909. The summed E-state index contributed by atoms with van der Waals surface area (Å²) in [6.45, 7) is 5.78. The second kappa shape index (κ2) is 7.65. The highest BCUT2D eigenvalue weighted by atomic mass is 16.5. The number of ether oxygens (including phenoxy) is 1. The van der Waals surface area contributed by atoms with Gasteiger partial charge in [0.25, 0.3) is 0 Å². The molecule has 0 aromatic rings. The third-order valence-electron chi connectivity index (χ3n) is 2.73. The number of methoxy groups -OCH3 is 1.